The van der Waals surface area contributed by atoms with Gasteiger partial charge >= 0.3 is 0 Å². The molecule has 0 fully saturated rings. The van der Waals surface area contributed by atoms with Crippen molar-refractivity contribution in [3.8, 4) is 0 Å². The van der Waals surface area contributed by atoms with Gasteiger partial charge in [-0.15, -0.1) is 0 Å². The maximum Gasteiger partial charge on any atom is 0.126 e. The highest BCUT2D eigenvalue weighted by molar-refractivity contribution is 5.25. The van der Waals surface area contributed by atoms with Crippen LogP contribution in [0.25, 0.3) is 0 Å². The van der Waals surface area contributed by atoms with Crippen molar-refractivity contribution in [1.29, 1.82) is 0 Å². The first kappa shape index (κ1) is 14.2. The topological polar surface area (TPSA) is 12.0 Å². The van der Waals surface area contributed by atoms with Crippen molar-refractivity contribution in [2.24, 2.45) is 5.92 Å². The Labute approximate surface area is 104 Å². The quantitative estimate of drug-likeness (QED) is 0.730. The molecule has 0 amide bonds. The fraction of sp³-hybridized carbons (Fsp3) is 0.600. The molecular formula is C15H24FN. The number of aryl methyl sites for hydroxylation is 1. The zero-order valence-corrected chi connectivity index (χ0v) is 11.4. The lowest BCUT2D eigenvalue weighted by molar-refractivity contribution is 0.496. The Bertz CT molecular complexity index is 347. The third kappa shape index (κ3) is 4.86. The molecule has 1 aromatic rings. The molecule has 0 aliphatic rings. The number of nitrogens with one attached hydrogen (secondary N) is 1. The fourth-order valence-electron chi connectivity index (χ4n) is 1.83. The average Bonchev–Trinajstić information content (AvgIpc) is 2.27. The van der Waals surface area contributed by atoms with Gasteiger partial charge in [-0.1, -0.05) is 26.0 Å². The third-order valence-electron chi connectivity index (χ3n) is 3.10. The van der Waals surface area contributed by atoms with Gasteiger partial charge in [0.25, 0.3) is 0 Å². The molecule has 0 bridgehead atoms. The second kappa shape index (κ2) is 6.75. The predicted molar refractivity (Wildman–Crippen MR) is 71.6 cm³/mol. The molecule has 1 N–H and O–H groups in total. The van der Waals surface area contributed by atoms with Crippen LogP contribution in [-0.2, 0) is 0 Å². The molecule has 96 valence electrons. The van der Waals surface area contributed by atoms with Gasteiger partial charge in [0, 0.05) is 6.04 Å². The average molecular weight is 237 g/mol. The number of hydrogen-bond donors (Lipinski definition) is 1. The number of hydrogen-bond acceptors (Lipinski definition) is 1. The van der Waals surface area contributed by atoms with Crippen LogP contribution in [0.4, 0.5) is 4.39 Å². The van der Waals surface area contributed by atoms with Gasteiger partial charge in [-0.25, -0.2) is 4.39 Å². The van der Waals surface area contributed by atoms with Gasteiger partial charge in [-0.05, 0) is 56.3 Å². The minimum absolute atomic E-state index is 0.113. The molecule has 1 unspecified atom stereocenters. The van der Waals surface area contributed by atoms with E-state index in [1.807, 2.05) is 12.1 Å². The number of rotatable bonds is 6. The molecule has 0 aliphatic carbocycles. The van der Waals surface area contributed by atoms with Crippen molar-refractivity contribution in [2.75, 3.05) is 6.54 Å². The molecule has 17 heavy (non-hydrogen) atoms. The summed E-state index contributed by atoms with van der Waals surface area (Å²) in [6, 6.07) is 5.70. The molecule has 0 aliphatic heterocycles. The third-order valence-corrected chi connectivity index (χ3v) is 3.10. The minimum Gasteiger partial charge on any atom is -0.310 e. The highest BCUT2D eigenvalue weighted by Crippen LogP contribution is 2.16. The maximum atomic E-state index is 13.4. The first-order valence-electron chi connectivity index (χ1n) is 6.50. The maximum absolute atomic E-state index is 13.4. The number of benzene rings is 1. The highest BCUT2D eigenvalue weighted by atomic mass is 19.1. The summed E-state index contributed by atoms with van der Waals surface area (Å²) in [5.41, 5.74) is 1.73. The van der Waals surface area contributed by atoms with E-state index >= 15 is 0 Å². The second-order valence-corrected chi connectivity index (χ2v) is 5.22. The molecule has 0 saturated carbocycles. The van der Waals surface area contributed by atoms with Gasteiger partial charge in [0.15, 0.2) is 0 Å². The first-order valence-corrected chi connectivity index (χ1v) is 6.50. The van der Waals surface area contributed by atoms with Crippen molar-refractivity contribution in [1.82, 2.24) is 5.32 Å². The van der Waals surface area contributed by atoms with Crippen LogP contribution in [0.15, 0.2) is 18.2 Å². The normalized spacial score (nSPS) is 13.1. The zero-order valence-electron chi connectivity index (χ0n) is 11.4. The summed E-state index contributed by atoms with van der Waals surface area (Å²) >= 11 is 0. The molecular weight excluding hydrogens is 213 g/mol. The number of halogens is 1. The van der Waals surface area contributed by atoms with Crippen LogP contribution >= 0.6 is 0 Å². The van der Waals surface area contributed by atoms with Crippen molar-refractivity contribution < 1.29 is 4.39 Å². The lowest BCUT2D eigenvalue weighted by Crippen LogP contribution is -2.20. The van der Waals surface area contributed by atoms with Gasteiger partial charge in [0.2, 0.25) is 0 Å². The van der Waals surface area contributed by atoms with E-state index in [2.05, 4.69) is 26.1 Å². The van der Waals surface area contributed by atoms with E-state index in [9.17, 15) is 4.39 Å². The first-order chi connectivity index (χ1) is 8.00. The molecule has 0 spiro atoms. The lowest BCUT2D eigenvalue weighted by Gasteiger charge is -2.15. The summed E-state index contributed by atoms with van der Waals surface area (Å²) in [6.45, 7) is 9.34. The van der Waals surface area contributed by atoms with E-state index in [1.54, 1.807) is 13.0 Å². The van der Waals surface area contributed by atoms with Gasteiger partial charge in [0.05, 0.1) is 0 Å². The van der Waals surface area contributed by atoms with E-state index in [4.69, 9.17) is 0 Å². The van der Waals surface area contributed by atoms with E-state index in [1.165, 1.54) is 12.8 Å². The molecule has 0 radical (unpaired) electrons. The molecule has 1 rings (SSSR count). The smallest absolute Gasteiger partial charge is 0.126 e. The Hall–Kier alpha value is -0.890. The highest BCUT2D eigenvalue weighted by Gasteiger charge is 2.06. The molecule has 1 atom stereocenters. The summed E-state index contributed by atoms with van der Waals surface area (Å²) in [4.78, 5) is 0. The van der Waals surface area contributed by atoms with Crippen LogP contribution in [0.5, 0.6) is 0 Å². The Balaban J connectivity index is 2.41. The monoisotopic (exact) mass is 237 g/mol. The Morgan fingerprint density at radius 1 is 1.24 bits per heavy atom. The summed E-state index contributed by atoms with van der Waals surface area (Å²) < 4.78 is 13.4. The van der Waals surface area contributed by atoms with Gasteiger partial charge in [-0.3, -0.25) is 0 Å². The van der Waals surface area contributed by atoms with Crippen LogP contribution in [0.2, 0.25) is 0 Å². The minimum atomic E-state index is -0.113. The summed E-state index contributed by atoms with van der Waals surface area (Å²) in [5.74, 6) is 0.641. The lowest BCUT2D eigenvalue weighted by atomic mass is 10.1. The Morgan fingerprint density at radius 3 is 2.53 bits per heavy atom. The molecule has 0 saturated heterocycles. The van der Waals surface area contributed by atoms with Crippen molar-refractivity contribution in [3.63, 3.8) is 0 Å². The standard InChI is InChI=1S/C15H24FN/c1-11(2)6-5-9-17-13(4)14-8-7-12(3)15(16)10-14/h7-8,10-11,13,17H,5-6,9H2,1-4H3. The molecule has 2 heteroatoms. The van der Waals surface area contributed by atoms with Crippen LogP contribution in [0, 0.1) is 18.7 Å². The van der Waals surface area contributed by atoms with Crippen molar-refractivity contribution >= 4 is 0 Å². The largest absolute Gasteiger partial charge is 0.310 e. The van der Waals surface area contributed by atoms with Crippen LogP contribution in [-0.4, -0.2) is 6.54 Å². The van der Waals surface area contributed by atoms with Crippen LogP contribution in [0.1, 0.15) is 50.8 Å². The Kier molecular flexibility index (Phi) is 5.63. The summed E-state index contributed by atoms with van der Waals surface area (Å²) in [5, 5.41) is 3.43. The van der Waals surface area contributed by atoms with Gasteiger partial charge in [0.1, 0.15) is 5.82 Å². The van der Waals surface area contributed by atoms with Crippen LogP contribution in [0.3, 0.4) is 0 Å². The predicted octanol–water partition coefficient (Wildman–Crippen LogP) is 4.22. The summed E-state index contributed by atoms with van der Waals surface area (Å²) in [7, 11) is 0. The van der Waals surface area contributed by atoms with Crippen molar-refractivity contribution in [2.45, 2.75) is 46.6 Å². The zero-order chi connectivity index (χ0) is 12.8. The van der Waals surface area contributed by atoms with Gasteiger partial charge < -0.3 is 5.32 Å². The molecule has 0 aromatic heterocycles. The molecule has 1 aromatic carbocycles. The second-order valence-electron chi connectivity index (χ2n) is 5.22. The van der Waals surface area contributed by atoms with E-state index in [0.29, 0.717) is 5.56 Å². The van der Waals surface area contributed by atoms with Gasteiger partial charge in [-0.2, -0.15) is 0 Å². The van der Waals surface area contributed by atoms with E-state index in [-0.39, 0.29) is 11.9 Å². The Morgan fingerprint density at radius 2 is 1.94 bits per heavy atom. The SMILES string of the molecule is Cc1ccc(C(C)NCCCC(C)C)cc1F. The summed E-state index contributed by atoms with van der Waals surface area (Å²) in [6.07, 6.45) is 2.42. The fourth-order valence-corrected chi connectivity index (χ4v) is 1.83. The van der Waals surface area contributed by atoms with E-state index in [0.717, 1.165) is 18.0 Å². The molecule has 1 nitrogen and oxygen atoms in total. The molecule has 0 heterocycles. The van der Waals surface area contributed by atoms with Crippen molar-refractivity contribution in [3.05, 3.63) is 35.1 Å². The van der Waals surface area contributed by atoms with Crippen LogP contribution < -0.4 is 5.32 Å². The van der Waals surface area contributed by atoms with E-state index < -0.39 is 0 Å².